The molecule has 2 aliphatic carbocycles. The molecule has 4 rings (SSSR count). The minimum absolute atomic E-state index is 0.100. The van der Waals surface area contributed by atoms with Crippen molar-refractivity contribution >= 4 is 40.2 Å². The average Bonchev–Trinajstić information content (AvgIpc) is 3.30. The van der Waals surface area contributed by atoms with E-state index >= 15 is 0 Å². The molecular formula is C20H21Cl2NO5S. The summed E-state index contributed by atoms with van der Waals surface area (Å²) >= 11 is 10.2. The van der Waals surface area contributed by atoms with Gasteiger partial charge in [0.05, 0.1) is 22.3 Å². The molecule has 0 aliphatic heterocycles. The molecule has 2 saturated carbocycles. The predicted molar refractivity (Wildman–Crippen MR) is 113 cm³/mol. The van der Waals surface area contributed by atoms with Gasteiger partial charge in [-0.1, -0.05) is 29.6 Å². The number of nitrogens with zero attached hydrogens (tertiary/aromatic N) is 1. The van der Waals surface area contributed by atoms with Crippen LogP contribution in [0.15, 0.2) is 30.3 Å². The first kappa shape index (κ1) is 20.8. The van der Waals surface area contributed by atoms with Crippen molar-refractivity contribution in [1.82, 2.24) is 0 Å². The number of aliphatic hydroxyl groups is 1. The smallest absolute Gasteiger partial charge is 0.262 e. The van der Waals surface area contributed by atoms with E-state index in [-0.39, 0.29) is 39.9 Å². The molecule has 9 heteroatoms. The van der Waals surface area contributed by atoms with Gasteiger partial charge >= 0.3 is 0 Å². The fourth-order valence-corrected chi connectivity index (χ4v) is 5.95. The first-order valence-electron chi connectivity index (χ1n) is 9.37. The minimum atomic E-state index is -2.29. The van der Waals surface area contributed by atoms with E-state index in [0.29, 0.717) is 23.1 Å². The number of hydrogen-bond acceptors (Lipinski definition) is 4. The highest BCUT2D eigenvalue weighted by molar-refractivity contribution is 7.80. The molecule has 0 heterocycles. The third-order valence-electron chi connectivity index (χ3n) is 5.82. The van der Waals surface area contributed by atoms with Crippen LogP contribution in [0.5, 0.6) is 17.2 Å². The molecule has 2 aromatic carbocycles. The quantitative estimate of drug-likeness (QED) is 0.523. The zero-order valence-electron chi connectivity index (χ0n) is 15.4. The lowest BCUT2D eigenvalue weighted by Gasteiger charge is -2.33. The molecule has 0 saturated heterocycles. The van der Waals surface area contributed by atoms with Crippen LogP contribution in [0, 0.1) is 11.8 Å². The Hall–Kier alpha value is -1.51. The van der Waals surface area contributed by atoms with Crippen LogP contribution in [0.2, 0.25) is 10.0 Å². The van der Waals surface area contributed by atoms with Gasteiger partial charge in [-0.2, -0.15) is 0 Å². The molecule has 0 aromatic heterocycles. The number of aromatic hydroxyl groups is 1. The van der Waals surface area contributed by atoms with Crippen LogP contribution >= 0.6 is 23.2 Å². The van der Waals surface area contributed by atoms with Gasteiger partial charge in [-0.25, -0.2) is 4.21 Å². The van der Waals surface area contributed by atoms with Gasteiger partial charge in [-0.05, 0) is 60.9 Å². The molecule has 4 atom stereocenters. The van der Waals surface area contributed by atoms with E-state index in [2.05, 4.69) is 0 Å². The second-order valence-electron chi connectivity index (χ2n) is 7.60. The van der Waals surface area contributed by atoms with Crippen molar-refractivity contribution in [2.24, 2.45) is 11.8 Å². The summed E-state index contributed by atoms with van der Waals surface area (Å²) in [4.78, 5) is 0. The lowest BCUT2D eigenvalue weighted by molar-refractivity contribution is 0.281. The normalized spacial score (nSPS) is 23.9. The summed E-state index contributed by atoms with van der Waals surface area (Å²) in [5, 5.41) is 20.1. The minimum Gasteiger partial charge on any atom is -0.506 e. The molecular weight excluding hydrogens is 437 g/mol. The molecule has 3 N–H and O–H groups in total. The lowest BCUT2D eigenvalue weighted by atomic mass is 9.95. The monoisotopic (exact) mass is 457 g/mol. The highest BCUT2D eigenvalue weighted by Gasteiger charge is 2.44. The molecule has 2 bridgehead atoms. The highest BCUT2D eigenvalue weighted by atomic mass is 35.5. The van der Waals surface area contributed by atoms with E-state index in [1.807, 2.05) is 0 Å². The number of phenols is 1. The van der Waals surface area contributed by atoms with Gasteiger partial charge < -0.3 is 14.9 Å². The van der Waals surface area contributed by atoms with Crippen molar-refractivity contribution in [3.63, 3.8) is 0 Å². The number of benzene rings is 2. The van der Waals surface area contributed by atoms with Gasteiger partial charge in [-0.3, -0.25) is 8.86 Å². The van der Waals surface area contributed by atoms with Gasteiger partial charge in [-0.15, -0.1) is 0 Å². The molecule has 2 fully saturated rings. The van der Waals surface area contributed by atoms with E-state index in [9.17, 15) is 19.0 Å². The molecule has 6 nitrogen and oxygen atoms in total. The van der Waals surface area contributed by atoms with E-state index < -0.39 is 11.3 Å². The van der Waals surface area contributed by atoms with Crippen LogP contribution in [0.1, 0.15) is 31.2 Å². The molecule has 2 aromatic rings. The Bertz CT molecular complexity index is 933. The zero-order valence-corrected chi connectivity index (χ0v) is 17.8. The number of halogens is 2. The molecule has 0 amide bonds. The maximum Gasteiger partial charge on any atom is 0.262 e. The zero-order chi connectivity index (χ0) is 20.7. The van der Waals surface area contributed by atoms with Gasteiger partial charge in [0.15, 0.2) is 5.75 Å². The summed E-state index contributed by atoms with van der Waals surface area (Å²) in [5.74, 6) is 1.33. The second kappa shape index (κ2) is 8.32. The van der Waals surface area contributed by atoms with Crippen molar-refractivity contribution < 1.29 is 23.7 Å². The number of fused-ring (bicyclic) bond motifs is 2. The third-order valence-corrected chi connectivity index (χ3v) is 7.18. The Morgan fingerprint density at radius 3 is 2.41 bits per heavy atom. The molecule has 4 unspecified atom stereocenters. The summed E-state index contributed by atoms with van der Waals surface area (Å²) < 4.78 is 29.4. The second-order valence-corrected chi connectivity index (χ2v) is 9.27. The summed E-state index contributed by atoms with van der Waals surface area (Å²) in [5.41, 5.74) is 0.789. The molecule has 29 heavy (non-hydrogen) atoms. The Kier molecular flexibility index (Phi) is 5.95. The fourth-order valence-electron chi connectivity index (χ4n) is 4.54. The standard InChI is InChI=1S/C20H21Cl2NO5S/c21-15-6-12(10-24)7-16(22)20(15)28-14-3-4-19(25)18(9-14)23(29(26)27)17-8-11-1-2-13(17)5-11/h3-4,6-7,9,11,13,17,24-25H,1-2,5,8,10H2,(H,26,27). The van der Waals surface area contributed by atoms with Crippen LogP contribution in [-0.2, 0) is 17.9 Å². The van der Waals surface area contributed by atoms with Gasteiger partial charge in [0, 0.05) is 12.1 Å². The summed E-state index contributed by atoms with van der Waals surface area (Å²) in [6, 6.07) is 7.47. The van der Waals surface area contributed by atoms with Crippen LogP contribution in [-0.4, -0.2) is 25.0 Å². The Morgan fingerprint density at radius 2 is 1.86 bits per heavy atom. The van der Waals surface area contributed by atoms with E-state index in [1.54, 1.807) is 12.1 Å². The van der Waals surface area contributed by atoms with Crippen molar-refractivity contribution in [3.05, 3.63) is 45.9 Å². The third kappa shape index (κ3) is 4.07. The largest absolute Gasteiger partial charge is 0.506 e. The van der Waals surface area contributed by atoms with Crippen LogP contribution in [0.3, 0.4) is 0 Å². The number of aliphatic hydroxyl groups excluding tert-OH is 1. The average molecular weight is 458 g/mol. The van der Waals surface area contributed by atoms with E-state index in [1.165, 1.54) is 22.5 Å². The van der Waals surface area contributed by atoms with Crippen LogP contribution in [0.4, 0.5) is 5.69 Å². The number of anilines is 1. The van der Waals surface area contributed by atoms with Crippen molar-refractivity contribution in [2.45, 2.75) is 38.3 Å². The number of phenolic OH excluding ortho intramolecular Hbond substituents is 1. The van der Waals surface area contributed by atoms with E-state index in [4.69, 9.17) is 27.9 Å². The summed E-state index contributed by atoms with van der Waals surface area (Å²) in [7, 11) is 0. The topological polar surface area (TPSA) is 90.2 Å². The fraction of sp³-hybridized carbons (Fsp3) is 0.400. The summed E-state index contributed by atoms with van der Waals surface area (Å²) in [6.07, 6.45) is 4.07. The van der Waals surface area contributed by atoms with Crippen LogP contribution in [0.25, 0.3) is 0 Å². The highest BCUT2D eigenvalue weighted by Crippen LogP contribution is 2.49. The van der Waals surface area contributed by atoms with Crippen LogP contribution < -0.4 is 9.04 Å². The molecule has 0 radical (unpaired) electrons. The first-order chi connectivity index (χ1) is 13.9. The maximum atomic E-state index is 12.2. The van der Waals surface area contributed by atoms with Crippen molar-refractivity contribution in [2.75, 3.05) is 4.31 Å². The number of hydrogen-bond donors (Lipinski definition) is 3. The van der Waals surface area contributed by atoms with E-state index in [0.717, 1.165) is 25.7 Å². The van der Waals surface area contributed by atoms with Crippen molar-refractivity contribution in [3.8, 4) is 17.2 Å². The Morgan fingerprint density at radius 1 is 1.14 bits per heavy atom. The maximum absolute atomic E-state index is 12.2. The molecule has 156 valence electrons. The first-order valence-corrected chi connectivity index (χ1v) is 11.2. The van der Waals surface area contributed by atoms with Gasteiger partial charge in [0.2, 0.25) is 0 Å². The summed E-state index contributed by atoms with van der Waals surface area (Å²) in [6.45, 7) is -0.204. The number of rotatable bonds is 6. The predicted octanol–water partition coefficient (Wildman–Crippen LogP) is 5.12. The molecule has 0 spiro atoms. The molecule has 2 aliphatic rings. The Labute approximate surface area is 181 Å². The number of ether oxygens (including phenoxy) is 1. The van der Waals surface area contributed by atoms with Crippen molar-refractivity contribution in [1.29, 1.82) is 0 Å². The van der Waals surface area contributed by atoms with Gasteiger partial charge in [0.1, 0.15) is 11.5 Å². The Balaban J connectivity index is 1.66. The SMILES string of the molecule is O=S(O)N(c1cc(Oc2c(Cl)cc(CO)cc2Cl)ccc1O)C1CC2CCC1C2. The van der Waals surface area contributed by atoms with Gasteiger partial charge in [0.25, 0.3) is 11.3 Å². The lowest BCUT2D eigenvalue weighted by Crippen LogP contribution is -2.40.